The van der Waals surface area contributed by atoms with Crippen molar-refractivity contribution in [1.82, 2.24) is 15.1 Å². The van der Waals surface area contributed by atoms with E-state index in [1.165, 1.54) is 10.5 Å². The predicted molar refractivity (Wildman–Crippen MR) is 125 cm³/mol. The minimum absolute atomic E-state index is 0.0556. The molecular weight excluding hydrogens is 430 g/mol. The summed E-state index contributed by atoms with van der Waals surface area (Å²) in [5, 5.41) is 13.3. The smallest absolute Gasteiger partial charge is 0.289 e. The van der Waals surface area contributed by atoms with Gasteiger partial charge in [-0.05, 0) is 37.2 Å². The maximum Gasteiger partial charge on any atom is 0.289 e. The number of nitrogens with zero attached hydrogens (tertiary/aromatic N) is 2. The first-order chi connectivity index (χ1) is 15.3. The summed E-state index contributed by atoms with van der Waals surface area (Å²) >= 11 is 0. The quantitative estimate of drug-likeness (QED) is 0.516. The lowest BCUT2D eigenvalue weighted by molar-refractivity contribution is -0.128. The molecule has 1 aromatic carbocycles. The molecule has 2 heterocycles. The largest absolute Gasteiger partial charge is 0.503 e. The Morgan fingerprint density at radius 2 is 1.69 bits per heavy atom. The topological polar surface area (TPSA) is 113 Å². The molecule has 2 amide bonds. The maximum atomic E-state index is 12.8. The summed E-state index contributed by atoms with van der Waals surface area (Å²) in [5.74, 6) is -0.0976. The van der Waals surface area contributed by atoms with E-state index in [4.69, 9.17) is 0 Å². The van der Waals surface area contributed by atoms with Crippen LogP contribution in [0.3, 0.4) is 0 Å². The molecule has 9 heteroatoms. The lowest BCUT2D eigenvalue weighted by Gasteiger charge is -2.41. The van der Waals surface area contributed by atoms with Crippen LogP contribution in [0.4, 0.5) is 0 Å². The number of carbonyl (C=O) groups excluding carboxylic acids is 2. The number of carbonyl (C=O) groups is 2. The highest BCUT2D eigenvalue weighted by Gasteiger charge is 2.35. The molecule has 1 aliphatic carbocycles. The number of aliphatic hydroxyl groups is 1. The van der Waals surface area contributed by atoms with Crippen LogP contribution in [0.5, 0.6) is 0 Å². The predicted octanol–water partition coefficient (Wildman–Crippen LogP) is 2.55. The second-order valence-corrected chi connectivity index (χ2v) is 11.5. The molecule has 3 aliphatic rings. The monoisotopic (exact) mass is 463 g/mol. The lowest BCUT2D eigenvalue weighted by atomic mass is 9.82. The fourth-order valence-corrected chi connectivity index (χ4v) is 6.10. The van der Waals surface area contributed by atoms with Gasteiger partial charge in [0.15, 0.2) is 5.76 Å². The fraction of sp³-hybridized carbons (Fsp3) is 0.565. The Hall–Kier alpha value is -2.07. The fourth-order valence-electron chi connectivity index (χ4n) is 4.80. The molecule has 32 heavy (non-hydrogen) atoms. The Morgan fingerprint density at radius 1 is 1.03 bits per heavy atom. The van der Waals surface area contributed by atoms with Gasteiger partial charge >= 0.3 is 0 Å². The number of hydrogen-bond donors (Lipinski definition) is 4. The van der Waals surface area contributed by atoms with Gasteiger partial charge in [-0.15, -0.1) is 0 Å². The molecule has 0 atom stereocenters. The van der Waals surface area contributed by atoms with Gasteiger partial charge in [0.25, 0.3) is 11.8 Å². The zero-order valence-electron chi connectivity index (χ0n) is 18.3. The van der Waals surface area contributed by atoms with Crippen LogP contribution in [0.2, 0.25) is 0 Å². The zero-order valence-corrected chi connectivity index (χ0v) is 19.1. The van der Waals surface area contributed by atoms with Crippen molar-refractivity contribution in [3.63, 3.8) is 0 Å². The molecular formula is C23H33N3O5S. The molecule has 0 aromatic heterocycles. The van der Waals surface area contributed by atoms with Crippen molar-refractivity contribution in [3.8, 4) is 0 Å². The molecule has 2 aliphatic heterocycles. The molecule has 1 saturated heterocycles. The SMILES string of the molecule is O=C(N[C@H]1CC[C@@H](c2ccccc2)CC1)C1=C(O)C(=O)N(CCN2CCS(O)(O)CC2)C1. The molecule has 4 N–H and O–H groups in total. The first-order valence-electron chi connectivity index (χ1n) is 11.4. The molecule has 0 bridgehead atoms. The van der Waals surface area contributed by atoms with Crippen molar-refractivity contribution in [2.45, 2.75) is 37.6 Å². The van der Waals surface area contributed by atoms with E-state index in [1.54, 1.807) is 0 Å². The molecule has 4 rings (SSSR count). The zero-order chi connectivity index (χ0) is 22.7. The highest BCUT2D eigenvalue weighted by Crippen LogP contribution is 2.40. The number of amides is 2. The van der Waals surface area contributed by atoms with Gasteiger partial charge in [0.1, 0.15) is 0 Å². The minimum Gasteiger partial charge on any atom is -0.503 e. The Kier molecular flexibility index (Phi) is 7.09. The van der Waals surface area contributed by atoms with E-state index < -0.39 is 22.3 Å². The summed E-state index contributed by atoms with van der Waals surface area (Å²) in [6.07, 6.45) is 3.77. The van der Waals surface area contributed by atoms with Crippen LogP contribution in [0.15, 0.2) is 41.7 Å². The van der Waals surface area contributed by atoms with Crippen molar-refractivity contribution >= 4 is 22.4 Å². The number of aliphatic hydroxyl groups excluding tert-OH is 1. The highest BCUT2D eigenvalue weighted by molar-refractivity contribution is 8.24. The van der Waals surface area contributed by atoms with E-state index in [1.807, 2.05) is 6.07 Å². The number of rotatable bonds is 6. The third-order valence-electron chi connectivity index (χ3n) is 6.89. The Labute approximate surface area is 190 Å². The Bertz CT molecular complexity index is 858. The summed E-state index contributed by atoms with van der Waals surface area (Å²) in [7, 11) is -2.45. The van der Waals surface area contributed by atoms with Crippen LogP contribution >= 0.6 is 10.6 Å². The number of benzene rings is 1. The van der Waals surface area contributed by atoms with Crippen molar-refractivity contribution in [2.75, 3.05) is 44.2 Å². The molecule has 8 nitrogen and oxygen atoms in total. The van der Waals surface area contributed by atoms with Gasteiger partial charge in [0, 0.05) is 32.2 Å². The Morgan fingerprint density at radius 3 is 2.34 bits per heavy atom. The van der Waals surface area contributed by atoms with Gasteiger partial charge in [0.05, 0.1) is 23.6 Å². The Balaban J connectivity index is 1.24. The standard InChI is InChI=1S/C23H33N3O5S/c27-21-20(16-26(23(21)29)11-10-25-12-14-32(30,31)15-13-25)22(28)24-19-8-6-18(7-9-19)17-4-2-1-3-5-17/h1-5,18-19,27,30-31H,6-16H2,(H,24,28)/t18-,19+. The summed E-state index contributed by atoms with van der Waals surface area (Å²) < 4.78 is 19.4. The molecule has 176 valence electrons. The van der Waals surface area contributed by atoms with Crippen molar-refractivity contribution in [3.05, 3.63) is 47.2 Å². The maximum absolute atomic E-state index is 12.8. The summed E-state index contributed by atoms with van der Waals surface area (Å²) in [5.41, 5.74) is 1.49. The van der Waals surface area contributed by atoms with Crippen LogP contribution in [0.1, 0.15) is 37.2 Å². The van der Waals surface area contributed by atoms with E-state index >= 15 is 0 Å². The van der Waals surface area contributed by atoms with Crippen LogP contribution in [0, 0.1) is 0 Å². The first-order valence-corrected chi connectivity index (χ1v) is 13.2. The van der Waals surface area contributed by atoms with Crippen LogP contribution in [-0.2, 0) is 9.59 Å². The number of nitrogens with one attached hydrogen (secondary N) is 1. The molecule has 0 radical (unpaired) electrons. The van der Waals surface area contributed by atoms with E-state index in [0.29, 0.717) is 43.6 Å². The van der Waals surface area contributed by atoms with Crippen molar-refractivity contribution in [2.24, 2.45) is 0 Å². The third-order valence-corrected chi connectivity index (χ3v) is 8.56. The van der Waals surface area contributed by atoms with Gasteiger partial charge in [-0.1, -0.05) is 30.3 Å². The second-order valence-electron chi connectivity index (χ2n) is 9.04. The minimum atomic E-state index is -2.45. The molecule has 0 unspecified atom stereocenters. The van der Waals surface area contributed by atoms with Gasteiger partial charge in [-0.2, -0.15) is 10.6 Å². The average molecular weight is 464 g/mol. The lowest BCUT2D eigenvalue weighted by Crippen LogP contribution is -2.43. The molecule has 2 fully saturated rings. The van der Waals surface area contributed by atoms with Gasteiger partial charge in [-0.3, -0.25) is 23.6 Å². The normalized spacial score (nSPS) is 27.4. The third kappa shape index (κ3) is 5.46. The molecule has 0 spiro atoms. The molecule has 1 saturated carbocycles. The number of hydrogen-bond acceptors (Lipinski definition) is 6. The summed E-state index contributed by atoms with van der Waals surface area (Å²) in [6, 6.07) is 10.5. The summed E-state index contributed by atoms with van der Waals surface area (Å²) in [4.78, 5) is 28.8. The van der Waals surface area contributed by atoms with E-state index in [9.17, 15) is 23.8 Å². The van der Waals surface area contributed by atoms with Crippen LogP contribution in [-0.4, -0.2) is 86.1 Å². The average Bonchev–Trinajstić information content (AvgIpc) is 3.08. The first kappa shape index (κ1) is 23.1. The van der Waals surface area contributed by atoms with E-state index in [-0.39, 0.29) is 24.1 Å². The second kappa shape index (κ2) is 9.82. The van der Waals surface area contributed by atoms with Gasteiger partial charge < -0.3 is 15.3 Å². The highest BCUT2D eigenvalue weighted by atomic mass is 32.3. The van der Waals surface area contributed by atoms with Crippen LogP contribution in [0.25, 0.3) is 0 Å². The molecule has 1 aromatic rings. The van der Waals surface area contributed by atoms with E-state index in [2.05, 4.69) is 34.5 Å². The van der Waals surface area contributed by atoms with E-state index in [0.717, 1.165) is 25.7 Å². The van der Waals surface area contributed by atoms with Crippen LogP contribution < -0.4 is 5.32 Å². The van der Waals surface area contributed by atoms with Gasteiger partial charge in [0.2, 0.25) is 0 Å². The van der Waals surface area contributed by atoms with Gasteiger partial charge in [-0.25, -0.2) is 0 Å². The van der Waals surface area contributed by atoms with Crippen molar-refractivity contribution < 1.29 is 23.8 Å². The summed E-state index contributed by atoms with van der Waals surface area (Å²) in [6.45, 7) is 2.22. The van der Waals surface area contributed by atoms with Crippen molar-refractivity contribution in [1.29, 1.82) is 0 Å².